The van der Waals surface area contributed by atoms with Gasteiger partial charge in [-0.3, -0.25) is 19.2 Å². The summed E-state index contributed by atoms with van der Waals surface area (Å²) < 4.78 is 10.8. The summed E-state index contributed by atoms with van der Waals surface area (Å²) in [6, 6.07) is 19.7. The van der Waals surface area contributed by atoms with Crippen LogP contribution >= 0.6 is 34.7 Å². The number of nitrogens with zero attached hydrogens (tertiary/aromatic N) is 1. The van der Waals surface area contributed by atoms with Gasteiger partial charge in [0.25, 0.3) is 5.91 Å². The van der Waals surface area contributed by atoms with Crippen molar-refractivity contribution in [1.82, 2.24) is 4.98 Å². The molecule has 3 aromatic carbocycles. The predicted molar refractivity (Wildman–Crippen MR) is 167 cm³/mol. The first kappa shape index (κ1) is 29.7. The van der Waals surface area contributed by atoms with Crippen molar-refractivity contribution in [3.63, 3.8) is 0 Å². The summed E-state index contributed by atoms with van der Waals surface area (Å²) in [6.45, 7) is 1.68. The van der Waals surface area contributed by atoms with E-state index in [2.05, 4.69) is 10.3 Å². The zero-order chi connectivity index (χ0) is 31.0. The molecule has 1 saturated heterocycles. The normalized spacial score (nSPS) is 18.9. The van der Waals surface area contributed by atoms with Crippen LogP contribution in [0.15, 0.2) is 82.6 Å². The van der Waals surface area contributed by atoms with Gasteiger partial charge in [-0.2, -0.15) is 0 Å². The number of benzene rings is 3. The number of hydrogen-bond donors (Lipinski definition) is 2. The van der Waals surface area contributed by atoms with Crippen LogP contribution in [-0.2, 0) is 19.1 Å². The second-order valence-corrected chi connectivity index (χ2v) is 12.5. The minimum absolute atomic E-state index is 0.264. The van der Waals surface area contributed by atoms with Gasteiger partial charge in [-0.1, -0.05) is 46.8 Å². The Morgan fingerprint density at radius 3 is 2.48 bits per heavy atom. The quantitative estimate of drug-likeness (QED) is 0.199. The summed E-state index contributed by atoms with van der Waals surface area (Å²) in [4.78, 5) is 68.7. The van der Waals surface area contributed by atoms with Crippen LogP contribution in [0.2, 0.25) is 5.02 Å². The summed E-state index contributed by atoms with van der Waals surface area (Å²) in [6.07, 6.45) is 0. The van der Waals surface area contributed by atoms with E-state index in [1.807, 2.05) is 6.07 Å². The van der Waals surface area contributed by atoms with Crippen LogP contribution in [-0.4, -0.2) is 47.1 Å². The van der Waals surface area contributed by atoms with Gasteiger partial charge in [-0.15, -0.1) is 0 Å². The van der Waals surface area contributed by atoms with Crippen molar-refractivity contribution in [3.05, 3.63) is 103 Å². The molecule has 0 saturated carbocycles. The number of anilines is 2. The molecule has 2 N–H and O–H groups in total. The maximum atomic E-state index is 13.9. The van der Waals surface area contributed by atoms with E-state index in [0.29, 0.717) is 43.2 Å². The van der Waals surface area contributed by atoms with Crippen LogP contribution in [0.5, 0.6) is 5.75 Å². The van der Waals surface area contributed by atoms with Crippen molar-refractivity contribution < 1.29 is 28.7 Å². The van der Waals surface area contributed by atoms with Gasteiger partial charge in [0.05, 0.1) is 28.8 Å². The molecular weight excluding hydrogens is 626 g/mol. The highest BCUT2D eigenvalue weighted by atomic mass is 35.5. The topological polar surface area (TPSA) is 135 Å². The van der Waals surface area contributed by atoms with Crippen LogP contribution in [0.1, 0.15) is 33.6 Å². The summed E-state index contributed by atoms with van der Waals surface area (Å²) in [5.41, 5.74) is 1.95. The highest BCUT2D eigenvalue weighted by molar-refractivity contribution is 8.00. The SMILES string of the molecule is CCOC(=O)c1ccc(NC(=O)COc2cccc(C3c4sc(=O)[nH]c4SC4C(=O)N(c5ccc(Cl)cc5)C(=O)C43)c2)cc1. The summed E-state index contributed by atoms with van der Waals surface area (Å²) in [7, 11) is 0. The van der Waals surface area contributed by atoms with E-state index in [0.717, 1.165) is 11.3 Å². The minimum atomic E-state index is -0.766. The van der Waals surface area contributed by atoms with E-state index >= 15 is 0 Å². The van der Waals surface area contributed by atoms with Crippen LogP contribution < -0.4 is 19.8 Å². The van der Waals surface area contributed by atoms with Gasteiger partial charge in [0.2, 0.25) is 11.8 Å². The lowest BCUT2D eigenvalue weighted by Crippen LogP contribution is -2.32. The molecule has 0 aliphatic carbocycles. The number of ether oxygens (including phenoxy) is 2. The number of carbonyl (C=O) groups excluding carboxylic acids is 4. The first-order valence-corrected chi connectivity index (χ1v) is 15.6. The average molecular weight is 650 g/mol. The number of carbonyl (C=O) groups is 4. The number of thioether (sulfide) groups is 1. The third-order valence-corrected chi connectivity index (χ3v) is 9.83. The van der Waals surface area contributed by atoms with Crippen molar-refractivity contribution in [2.75, 3.05) is 23.4 Å². The Morgan fingerprint density at radius 2 is 1.75 bits per heavy atom. The molecule has 0 radical (unpaired) electrons. The Labute approximate surface area is 264 Å². The number of hydrogen-bond acceptors (Lipinski definition) is 9. The second kappa shape index (κ2) is 12.3. The van der Waals surface area contributed by atoms with Crippen molar-refractivity contribution in [2.24, 2.45) is 5.92 Å². The molecule has 3 heterocycles. The zero-order valence-electron chi connectivity index (χ0n) is 23.1. The van der Waals surface area contributed by atoms with Gasteiger partial charge in [0.15, 0.2) is 6.61 Å². The lowest BCUT2D eigenvalue weighted by molar-refractivity contribution is -0.122. The fourth-order valence-corrected chi connectivity index (χ4v) is 7.91. The Bertz CT molecular complexity index is 1820. The summed E-state index contributed by atoms with van der Waals surface area (Å²) in [5.74, 6) is -2.59. The third kappa shape index (κ3) is 5.75. The van der Waals surface area contributed by atoms with E-state index in [9.17, 15) is 24.0 Å². The number of esters is 1. The largest absolute Gasteiger partial charge is 0.484 e. The number of aromatic nitrogens is 1. The number of halogens is 1. The number of fused-ring (bicyclic) bond motifs is 2. The van der Waals surface area contributed by atoms with Gasteiger partial charge < -0.3 is 19.8 Å². The minimum Gasteiger partial charge on any atom is -0.484 e. The number of H-pyrrole nitrogens is 1. The molecule has 224 valence electrons. The first-order chi connectivity index (χ1) is 21.2. The predicted octanol–water partition coefficient (Wildman–Crippen LogP) is 5.08. The number of imide groups is 1. The zero-order valence-corrected chi connectivity index (χ0v) is 25.5. The van der Waals surface area contributed by atoms with Gasteiger partial charge in [0.1, 0.15) is 11.0 Å². The highest BCUT2D eigenvalue weighted by Crippen LogP contribution is 2.53. The van der Waals surface area contributed by atoms with Crippen molar-refractivity contribution in [3.8, 4) is 5.75 Å². The van der Waals surface area contributed by atoms with Gasteiger partial charge in [-0.25, -0.2) is 9.69 Å². The second-order valence-electron chi connectivity index (χ2n) is 9.95. The molecule has 0 spiro atoms. The van der Waals surface area contributed by atoms with E-state index in [-0.39, 0.29) is 29.9 Å². The number of rotatable bonds is 8. The average Bonchev–Trinajstić information content (AvgIpc) is 3.51. The number of nitrogens with one attached hydrogen (secondary N) is 2. The van der Waals surface area contributed by atoms with E-state index < -0.39 is 29.0 Å². The van der Waals surface area contributed by atoms with Crippen molar-refractivity contribution >= 4 is 69.8 Å². The Morgan fingerprint density at radius 1 is 1.00 bits per heavy atom. The molecule has 1 fully saturated rings. The maximum Gasteiger partial charge on any atom is 0.338 e. The van der Waals surface area contributed by atoms with Crippen LogP contribution in [0.25, 0.3) is 0 Å². The van der Waals surface area contributed by atoms with Crippen molar-refractivity contribution in [2.45, 2.75) is 23.1 Å². The summed E-state index contributed by atoms with van der Waals surface area (Å²) in [5, 5.41) is 3.01. The molecule has 44 heavy (non-hydrogen) atoms. The molecule has 2 aliphatic rings. The van der Waals surface area contributed by atoms with Crippen LogP contribution in [0.3, 0.4) is 0 Å². The molecule has 3 unspecified atom stereocenters. The molecule has 2 aliphatic heterocycles. The van der Waals surface area contributed by atoms with E-state index in [4.69, 9.17) is 21.1 Å². The fraction of sp³-hybridized carbons (Fsp3) is 0.194. The Kier molecular flexibility index (Phi) is 8.30. The molecule has 4 aromatic rings. The molecule has 0 bridgehead atoms. The highest BCUT2D eigenvalue weighted by Gasteiger charge is 2.56. The molecule has 6 rings (SSSR count). The smallest absolute Gasteiger partial charge is 0.338 e. The number of aromatic amines is 1. The molecule has 13 heteroatoms. The fourth-order valence-electron chi connectivity index (χ4n) is 5.27. The van der Waals surface area contributed by atoms with E-state index in [1.165, 1.54) is 16.7 Å². The maximum absolute atomic E-state index is 13.9. The van der Waals surface area contributed by atoms with Crippen LogP contribution in [0.4, 0.5) is 11.4 Å². The molecule has 3 atom stereocenters. The van der Waals surface area contributed by atoms with Crippen molar-refractivity contribution in [1.29, 1.82) is 0 Å². The third-order valence-electron chi connectivity index (χ3n) is 7.18. The number of thiazole rings is 1. The monoisotopic (exact) mass is 649 g/mol. The lowest BCUT2D eigenvalue weighted by Gasteiger charge is -2.30. The van der Waals surface area contributed by atoms with Gasteiger partial charge in [-0.05, 0) is 73.2 Å². The molecular formula is C31H24ClN3O7S2. The summed E-state index contributed by atoms with van der Waals surface area (Å²) >= 11 is 8.23. The first-order valence-electron chi connectivity index (χ1n) is 13.6. The van der Waals surface area contributed by atoms with E-state index in [1.54, 1.807) is 73.7 Å². The number of amides is 3. The molecule has 10 nitrogen and oxygen atoms in total. The van der Waals surface area contributed by atoms with Gasteiger partial charge in [0, 0.05) is 21.5 Å². The Balaban J connectivity index is 1.21. The lowest BCUT2D eigenvalue weighted by atomic mass is 9.83. The van der Waals surface area contributed by atoms with Crippen LogP contribution in [0, 0.1) is 5.92 Å². The Hall–Kier alpha value is -4.39. The standard InChI is InChI=1S/C31H24ClN3O7S2/c1-2-41-30(39)16-6-10-19(11-7-16)33-22(36)15-42-21-5-3-4-17(14-21)23-24-26(43-27-25(23)44-31(40)34-27)29(38)35(28(24)37)20-12-8-18(32)9-13-20/h3-14,23-24,26H,2,15H2,1H3,(H,33,36)(H,34,40). The molecule has 3 amide bonds. The molecule has 1 aromatic heterocycles. The van der Waals surface area contributed by atoms with Gasteiger partial charge >= 0.3 is 10.8 Å².